The van der Waals surface area contributed by atoms with E-state index in [0.29, 0.717) is 30.3 Å². The normalized spacial score (nSPS) is 23.6. The quantitative estimate of drug-likeness (QED) is 0.318. The molecule has 1 saturated carbocycles. The molecule has 0 spiro atoms. The minimum absolute atomic E-state index is 0.140. The Labute approximate surface area is 231 Å². The second kappa shape index (κ2) is 12.3. The lowest BCUT2D eigenvalue weighted by atomic mass is 9.75. The van der Waals surface area contributed by atoms with E-state index in [-0.39, 0.29) is 15.7 Å². The van der Waals surface area contributed by atoms with Crippen LogP contribution in [0.25, 0.3) is 0 Å². The van der Waals surface area contributed by atoms with Crippen molar-refractivity contribution in [2.45, 2.75) is 61.8 Å². The molecule has 1 fully saturated rings. The summed E-state index contributed by atoms with van der Waals surface area (Å²) >= 11 is 6.10. The van der Waals surface area contributed by atoms with Gasteiger partial charge in [-0.15, -0.1) is 0 Å². The van der Waals surface area contributed by atoms with Crippen molar-refractivity contribution in [2.24, 2.45) is 11.8 Å². The van der Waals surface area contributed by atoms with Crippen LogP contribution in [0.3, 0.4) is 0 Å². The smallest absolute Gasteiger partial charge is 0.242 e. The van der Waals surface area contributed by atoms with Gasteiger partial charge in [0.25, 0.3) is 0 Å². The van der Waals surface area contributed by atoms with E-state index in [1.165, 1.54) is 11.1 Å². The minimum Gasteiger partial charge on any atom is -0.313 e. The molecule has 3 aromatic carbocycles. The predicted octanol–water partition coefficient (Wildman–Crippen LogP) is 6.49. The first kappa shape index (κ1) is 27.3. The molecule has 0 heterocycles. The highest BCUT2D eigenvalue weighted by Crippen LogP contribution is 2.36. The molecule has 0 saturated heterocycles. The largest absolute Gasteiger partial charge is 0.313 e. The standard InChI is InChI=1S/C31H36ClFN2O2S/c32-29-8-4-5-9-31(29)38(36,37)35-21-24-12-10-23(11-13-24)20-34-30-17-14-25-19-26(33)15-16-27(25)28(30)18-22-6-2-1-3-7-22/h1-9,15-16,19,23-24,28,30,34-35H,10-14,17-18,20-21H2. The van der Waals surface area contributed by atoms with E-state index in [4.69, 9.17) is 11.6 Å². The second-order valence-corrected chi connectivity index (χ2v) is 13.0. The van der Waals surface area contributed by atoms with Gasteiger partial charge < -0.3 is 5.32 Å². The summed E-state index contributed by atoms with van der Waals surface area (Å²) in [6, 6.07) is 22.8. The molecular formula is C31H36ClFN2O2S. The second-order valence-electron chi connectivity index (χ2n) is 10.9. The van der Waals surface area contributed by atoms with Gasteiger partial charge in [-0.2, -0.15) is 0 Å². The molecule has 0 amide bonds. The number of sulfonamides is 1. The van der Waals surface area contributed by atoms with Crippen LogP contribution in [-0.2, 0) is 22.9 Å². The van der Waals surface area contributed by atoms with Crippen LogP contribution in [0.2, 0.25) is 5.02 Å². The van der Waals surface area contributed by atoms with Gasteiger partial charge in [-0.05, 0) is 104 Å². The van der Waals surface area contributed by atoms with Gasteiger partial charge in [0.15, 0.2) is 0 Å². The van der Waals surface area contributed by atoms with Crippen LogP contribution in [-0.4, -0.2) is 27.5 Å². The van der Waals surface area contributed by atoms with E-state index in [2.05, 4.69) is 34.3 Å². The molecule has 2 aliphatic rings. The van der Waals surface area contributed by atoms with Gasteiger partial charge >= 0.3 is 0 Å². The van der Waals surface area contributed by atoms with Crippen LogP contribution >= 0.6 is 11.6 Å². The number of nitrogens with one attached hydrogen (secondary N) is 2. The molecule has 0 bridgehead atoms. The number of halogens is 2. The molecule has 2 unspecified atom stereocenters. The van der Waals surface area contributed by atoms with Gasteiger partial charge in [0.05, 0.1) is 5.02 Å². The van der Waals surface area contributed by atoms with Gasteiger partial charge in [0, 0.05) is 18.5 Å². The number of fused-ring (bicyclic) bond motifs is 1. The Bertz CT molecular complexity index is 1330. The molecular weight excluding hydrogens is 519 g/mol. The van der Waals surface area contributed by atoms with Gasteiger partial charge in [0.1, 0.15) is 10.7 Å². The molecule has 5 rings (SSSR count). The Morgan fingerprint density at radius 3 is 2.26 bits per heavy atom. The number of rotatable bonds is 9. The maximum absolute atomic E-state index is 13.9. The average molecular weight is 555 g/mol. The van der Waals surface area contributed by atoms with Crippen LogP contribution < -0.4 is 10.0 Å². The van der Waals surface area contributed by atoms with E-state index in [1.54, 1.807) is 36.4 Å². The number of hydrogen-bond acceptors (Lipinski definition) is 3. The van der Waals surface area contributed by atoms with Crippen LogP contribution in [0.1, 0.15) is 54.7 Å². The Morgan fingerprint density at radius 1 is 0.842 bits per heavy atom. The Balaban J connectivity index is 1.15. The zero-order valence-electron chi connectivity index (χ0n) is 21.6. The molecule has 2 atom stereocenters. The van der Waals surface area contributed by atoms with Gasteiger partial charge in [-0.1, -0.05) is 60.1 Å². The van der Waals surface area contributed by atoms with Crippen LogP contribution in [0.4, 0.5) is 4.39 Å². The lowest BCUT2D eigenvalue weighted by Crippen LogP contribution is -2.42. The fourth-order valence-electron chi connectivity index (χ4n) is 6.17. The maximum atomic E-state index is 13.9. The lowest BCUT2D eigenvalue weighted by Gasteiger charge is -2.36. The summed E-state index contributed by atoms with van der Waals surface area (Å²) < 4.78 is 42.1. The van der Waals surface area contributed by atoms with E-state index >= 15 is 0 Å². The fourth-order valence-corrected chi connectivity index (χ4v) is 7.81. The fraction of sp³-hybridized carbons (Fsp3) is 0.419. The summed E-state index contributed by atoms with van der Waals surface area (Å²) in [4.78, 5) is 0.140. The SMILES string of the molecule is O=S(=O)(NCC1CCC(CNC2CCc3cc(F)ccc3C2Cc2ccccc2)CC1)c1ccccc1Cl. The van der Waals surface area contributed by atoms with Crippen LogP contribution in [0.5, 0.6) is 0 Å². The molecule has 0 radical (unpaired) electrons. The molecule has 4 nitrogen and oxygen atoms in total. The van der Waals surface area contributed by atoms with E-state index in [0.717, 1.165) is 57.1 Å². The maximum Gasteiger partial charge on any atom is 0.242 e. The highest BCUT2D eigenvalue weighted by molar-refractivity contribution is 7.89. The summed E-state index contributed by atoms with van der Waals surface area (Å²) in [6.45, 7) is 1.41. The van der Waals surface area contributed by atoms with E-state index < -0.39 is 10.0 Å². The molecule has 2 aliphatic carbocycles. The van der Waals surface area contributed by atoms with Crippen LogP contribution in [0.15, 0.2) is 77.7 Å². The van der Waals surface area contributed by atoms with Crippen molar-refractivity contribution in [3.63, 3.8) is 0 Å². The van der Waals surface area contributed by atoms with Crippen molar-refractivity contribution in [2.75, 3.05) is 13.1 Å². The molecule has 0 aliphatic heterocycles. The Morgan fingerprint density at radius 2 is 1.53 bits per heavy atom. The molecule has 202 valence electrons. The predicted molar refractivity (Wildman–Crippen MR) is 151 cm³/mol. The first-order valence-corrected chi connectivity index (χ1v) is 15.5. The topological polar surface area (TPSA) is 58.2 Å². The Hall–Kier alpha value is -2.25. The third-order valence-electron chi connectivity index (χ3n) is 8.34. The van der Waals surface area contributed by atoms with Crippen molar-refractivity contribution in [1.29, 1.82) is 0 Å². The zero-order valence-corrected chi connectivity index (χ0v) is 23.2. The monoisotopic (exact) mass is 554 g/mol. The molecule has 38 heavy (non-hydrogen) atoms. The van der Waals surface area contributed by atoms with Gasteiger partial charge in [-0.25, -0.2) is 17.5 Å². The van der Waals surface area contributed by atoms with Crippen molar-refractivity contribution >= 4 is 21.6 Å². The third kappa shape index (κ3) is 6.66. The average Bonchev–Trinajstić information content (AvgIpc) is 2.92. The minimum atomic E-state index is -3.61. The number of benzene rings is 3. The van der Waals surface area contributed by atoms with Gasteiger partial charge in [0.2, 0.25) is 10.0 Å². The zero-order chi connectivity index (χ0) is 26.5. The summed E-state index contributed by atoms with van der Waals surface area (Å²) in [5.74, 6) is 1.08. The first-order chi connectivity index (χ1) is 18.4. The Kier molecular flexibility index (Phi) is 8.84. The van der Waals surface area contributed by atoms with Crippen molar-refractivity contribution in [1.82, 2.24) is 10.0 Å². The first-order valence-electron chi connectivity index (χ1n) is 13.7. The molecule has 0 aromatic heterocycles. The number of aryl methyl sites for hydroxylation is 1. The van der Waals surface area contributed by atoms with Gasteiger partial charge in [-0.3, -0.25) is 0 Å². The lowest BCUT2D eigenvalue weighted by molar-refractivity contribution is 0.252. The van der Waals surface area contributed by atoms with E-state index in [1.807, 2.05) is 12.1 Å². The third-order valence-corrected chi connectivity index (χ3v) is 10.3. The molecule has 3 aromatic rings. The summed E-state index contributed by atoms with van der Waals surface area (Å²) in [7, 11) is -3.61. The summed E-state index contributed by atoms with van der Waals surface area (Å²) in [5, 5.41) is 4.14. The van der Waals surface area contributed by atoms with Crippen molar-refractivity contribution in [3.05, 3.63) is 100 Å². The van der Waals surface area contributed by atoms with E-state index in [9.17, 15) is 12.8 Å². The summed E-state index contributed by atoms with van der Waals surface area (Å²) in [6.07, 6.45) is 7.04. The van der Waals surface area contributed by atoms with Crippen LogP contribution in [0, 0.1) is 17.7 Å². The highest BCUT2D eigenvalue weighted by atomic mass is 35.5. The summed E-state index contributed by atoms with van der Waals surface area (Å²) in [5.41, 5.74) is 3.72. The van der Waals surface area contributed by atoms with Crippen molar-refractivity contribution < 1.29 is 12.8 Å². The number of hydrogen-bond donors (Lipinski definition) is 2. The molecule has 2 N–H and O–H groups in total. The molecule has 7 heteroatoms. The van der Waals surface area contributed by atoms with Crippen molar-refractivity contribution in [3.8, 4) is 0 Å². The highest BCUT2D eigenvalue weighted by Gasteiger charge is 2.31.